The minimum atomic E-state index is -0.157. The Bertz CT molecular complexity index is 987. The van der Waals surface area contributed by atoms with Crippen LogP contribution in [-0.4, -0.2) is 12.5 Å². The normalized spacial score (nSPS) is 10.9. The first-order chi connectivity index (χ1) is 12.5. The van der Waals surface area contributed by atoms with Crippen LogP contribution >= 0.6 is 0 Å². The minimum Gasteiger partial charge on any atom is -0.494 e. The standard InChI is InChI=1S/C21H21NO4/c1-4-25-16-8-5-14(6-9-16)20-12-18(23)17-11-15(7-10-19(17)26-20)22-21(24)13(2)3/h5-13H,4H2,1-3H3,(H,22,24). The number of carbonyl (C=O) groups excluding carboxylic acids is 1. The van der Waals surface area contributed by atoms with Crippen molar-refractivity contribution in [2.75, 3.05) is 11.9 Å². The van der Waals surface area contributed by atoms with E-state index in [1.54, 1.807) is 18.2 Å². The Labute approximate surface area is 151 Å². The third-order valence-corrected chi connectivity index (χ3v) is 3.97. The van der Waals surface area contributed by atoms with Crippen LogP contribution in [0.15, 0.2) is 57.7 Å². The summed E-state index contributed by atoms with van der Waals surface area (Å²) in [4.78, 5) is 24.3. The molecule has 0 unspecified atom stereocenters. The van der Waals surface area contributed by atoms with Crippen LogP contribution in [0.5, 0.6) is 5.75 Å². The maximum atomic E-state index is 12.5. The predicted molar refractivity (Wildman–Crippen MR) is 103 cm³/mol. The number of rotatable bonds is 5. The molecule has 1 aromatic heterocycles. The van der Waals surface area contributed by atoms with E-state index in [2.05, 4.69) is 5.32 Å². The first-order valence-electron chi connectivity index (χ1n) is 8.60. The Morgan fingerprint density at radius 1 is 1.12 bits per heavy atom. The Kier molecular flexibility index (Phi) is 5.07. The molecule has 134 valence electrons. The van der Waals surface area contributed by atoms with Crippen molar-refractivity contribution in [3.63, 3.8) is 0 Å². The number of benzene rings is 2. The van der Waals surface area contributed by atoms with Crippen molar-refractivity contribution in [1.29, 1.82) is 0 Å². The van der Waals surface area contributed by atoms with Crippen molar-refractivity contribution in [2.24, 2.45) is 5.92 Å². The summed E-state index contributed by atoms with van der Waals surface area (Å²) in [7, 11) is 0. The van der Waals surface area contributed by atoms with Gasteiger partial charge in [0.25, 0.3) is 0 Å². The van der Waals surface area contributed by atoms with Crippen LogP contribution < -0.4 is 15.5 Å². The first kappa shape index (κ1) is 17.7. The third-order valence-electron chi connectivity index (χ3n) is 3.97. The average Bonchev–Trinajstić information content (AvgIpc) is 2.63. The molecule has 0 bridgehead atoms. The van der Waals surface area contributed by atoms with E-state index >= 15 is 0 Å². The fourth-order valence-electron chi connectivity index (χ4n) is 2.54. The molecular formula is C21H21NO4. The molecule has 0 saturated carbocycles. The molecule has 0 saturated heterocycles. The minimum absolute atomic E-state index is 0.0975. The zero-order valence-electron chi connectivity index (χ0n) is 15.0. The Morgan fingerprint density at radius 2 is 1.85 bits per heavy atom. The van der Waals surface area contributed by atoms with E-state index in [4.69, 9.17) is 9.15 Å². The Balaban J connectivity index is 1.95. The van der Waals surface area contributed by atoms with E-state index in [1.807, 2.05) is 45.0 Å². The molecule has 0 aliphatic carbocycles. The number of nitrogens with one attached hydrogen (secondary N) is 1. The van der Waals surface area contributed by atoms with Gasteiger partial charge in [0, 0.05) is 23.2 Å². The summed E-state index contributed by atoms with van der Waals surface area (Å²) < 4.78 is 11.3. The molecule has 0 atom stereocenters. The van der Waals surface area contributed by atoms with Crippen molar-refractivity contribution in [3.05, 3.63) is 58.8 Å². The highest BCUT2D eigenvalue weighted by Crippen LogP contribution is 2.25. The molecule has 3 aromatic rings. The second-order valence-corrected chi connectivity index (χ2v) is 6.29. The zero-order valence-corrected chi connectivity index (χ0v) is 15.0. The number of anilines is 1. The molecule has 0 spiro atoms. The summed E-state index contributed by atoms with van der Waals surface area (Å²) >= 11 is 0. The zero-order chi connectivity index (χ0) is 18.7. The van der Waals surface area contributed by atoms with Crippen LogP contribution in [0.25, 0.3) is 22.3 Å². The number of amides is 1. The van der Waals surface area contributed by atoms with Crippen LogP contribution in [0.3, 0.4) is 0 Å². The van der Waals surface area contributed by atoms with Crippen molar-refractivity contribution < 1.29 is 13.9 Å². The third kappa shape index (κ3) is 3.77. The van der Waals surface area contributed by atoms with Crippen molar-refractivity contribution in [2.45, 2.75) is 20.8 Å². The first-order valence-corrected chi connectivity index (χ1v) is 8.60. The molecule has 2 aromatic carbocycles. The van der Waals surface area contributed by atoms with E-state index in [9.17, 15) is 9.59 Å². The number of hydrogen-bond acceptors (Lipinski definition) is 4. The van der Waals surface area contributed by atoms with Gasteiger partial charge in [-0.15, -0.1) is 0 Å². The summed E-state index contributed by atoms with van der Waals surface area (Å²) in [6.07, 6.45) is 0. The maximum absolute atomic E-state index is 12.5. The van der Waals surface area contributed by atoms with Gasteiger partial charge in [-0.1, -0.05) is 13.8 Å². The smallest absolute Gasteiger partial charge is 0.226 e. The monoisotopic (exact) mass is 351 g/mol. The van der Waals surface area contributed by atoms with Gasteiger partial charge in [-0.2, -0.15) is 0 Å². The van der Waals surface area contributed by atoms with Crippen molar-refractivity contribution in [1.82, 2.24) is 0 Å². The molecule has 0 fully saturated rings. The van der Waals surface area contributed by atoms with Gasteiger partial charge in [-0.05, 0) is 49.4 Å². The molecular weight excluding hydrogens is 330 g/mol. The lowest BCUT2D eigenvalue weighted by atomic mass is 10.1. The van der Waals surface area contributed by atoms with E-state index in [-0.39, 0.29) is 17.3 Å². The van der Waals surface area contributed by atoms with E-state index in [1.165, 1.54) is 6.07 Å². The van der Waals surface area contributed by atoms with Crippen LogP contribution in [-0.2, 0) is 4.79 Å². The lowest BCUT2D eigenvalue weighted by Crippen LogP contribution is -2.17. The van der Waals surface area contributed by atoms with Crippen LogP contribution in [0, 0.1) is 5.92 Å². The number of ether oxygens (including phenoxy) is 1. The van der Waals surface area contributed by atoms with Gasteiger partial charge in [0.15, 0.2) is 5.43 Å². The van der Waals surface area contributed by atoms with Gasteiger partial charge < -0.3 is 14.5 Å². The number of fused-ring (bicyclic) bond motifs is 1. The number of carbonyl (C=O) groups is 1. The SMILES string of the molecule is CCOc1ccc(-c2cc(=O)c3cc(NC(=O)C(C)C)ccc3o2)cc1. The summed E-state index contributed by atoms with van der Waals surface area (Å²) in [5.74, 6) is 1.03. The summed E-state index contributed by atoms with van der Waals surface area (Å²) in [6, 6.07) is 13.9. The lowest BCUT2D eigenvalue weighted by molar-refractivity contribution is -0.118. The van der Waals surface area contributed by atoms with Crippen LogP contribution in [0.4, 0.5) is 5.69 Å². The molecule has 1 heterocycles. The quantitative estimate of drug-likeness (QED) is 0.737. The number of hydrogen-bond donors (Lipinski definition) is 1. The van der Waals surface area contributed by atoms with E-state index in [0.717, 1.165) is 11.3 Å². The molecule has 0 radical (unpaired) electrons. The van der Waals surface area contributed by atoms with E-state index in [0.29, 0.717) is 29.0 Å². The summed E-state index contributed by atoms with van der Waals surface area (Å²) in [6.45, 7) is 6.15. The second-order valence-electron chi connectivity index (χ2n) is 6.29. The average molecular weight is 351 g/mol. The van der Waals surface area contributed by atoms with Crippen LogP contribution in [0.1, 0.15) is 20.8 Å². The molecule has 1 amide bonds. The van der Waals surface area contributed by atoms with Gasteiger partial charge >= 0.3 is 0 Å². The Hall–Kier alpha value is -3.08. The lowest BCUT2D eigenvalue weighted by Gasteiger charge is -2.09. The maximum Gasteiger partial charge on any atom is 0.226 e. The van der Waals surface area contributed by atoms with Gasteiger partial charge in [-0.25, -0.2) is 0 Å². The molecule has 3 rings (SSSR count). The topological polar surface area (TPSA) is 68.5 Å². The molecule has 1 N–H and O–H groups in total. The molecule has 5 heteroatoms. The summed E-state index contributed by atoms with van der Waals surface area (Å²) in [5, 5.41) is 3.22. The van der Waals surface area contributed by atoms with Gasteiger partial charge in [0.05, 0.1) is 12.0 Å². The molecule has 5 nitrogen and oxygen atoms in total. The molecule has 26 heavy (non-hydrogen) atoms. The fourth-order valence-corrected chi connectivity index (χ4v) is 2.54. The largest absolute Gasteiger partial charge is 0.494 e. The van der Waals surface area contributed by atoms with Crippen molar-refractivity contribution >= 4 is 22.6 Å². The second kappa shape index (κ2) is 7.44. The van der Waals surface area contributed by atoms with Crippen LogP contribution in [0.2, 0.25) is 0 Å². The highest BCUT2D eigenvalue weighted by Gasteiger charge is 2.11. The van der Waals surface area contributed by atoms with E-state index < -0.39 is 0 Å². The van der Waals surface area contributed by atoms with Gasteiger partial charge in [0.1, 0.15) is 17.1 Å². The van der Waals surface area contributed by atoms with Gasteiger partial charge in [-0.3, -0.25) is 9.59 Å². The summed E-state index contributed by atoms with van der Waals surface area (Å²) in [5.41, 5.74) is 1.70. The van der Waals surface area contributed by atoms with Crippen molar-refractivity contribution in [3.8, 4) is 17.1 Å². The molecule has 0 aliphatic rings. The molecule has 0 aliphatic heterocycles. The highest BCUT2D eigenvalue weighted by atomic mass is 16.5. The fraction of sp³-hybridized carbons (Fsp3) is 0.238. The highest BCUT2D eigenvalue weighted by molar-refractivity contribution is 5.94. The van der Waals surface area contributed by atoms with Gasteiger partial charge in [0.2, 0.25) is 5.91 Å². The predicted octanol–water partition coefficient (Wildman–Crippen LogP) is 4.45. The Morgan fingerprint density at radius 3 is 2.50 bits per heavy atom.